The largest absolute Gasteiger partial charge is 0.377 e. The summed E-state index contributed by atoms with van der Waals surface area (Å²) >= 11 is 0. The van der Waals surface area contributed by atoms with Gasteiger partial charge in [-0.2, -0.15) is 0 Å². The Labute approximate surface area is 103 Å². The molecule has 17 heavy (non-hydrogen) atoms. The summed E-state index contributed by atoms with van der Waals surface area (Å²) < 4.78 is 5.51. The standard InChI is InChI=1S/C13H21N3O/c1-3-12-9-17-7-6-16(12)13-8-11(10(2)14)4-5-15-13/h4-5,8,10,12H,3,6-7,9,14H2,1-2H3. The Bertz CT molecular complexity index is 367. The highest BCUT2D eigenvalue weighted by Gasteiger charge is 2.22. The van der Waals surface area contributed by atoms with Crippen LogP contribution in [0.5, 0.6) is 0 Å². The van der Waals surface area contributed by atoms with E-state index in [1.165, 1.54) is 0 Å². The lowest BCUT2D eigenvalue weighted by atomic mass is 10.1. The molecule has 0 radical (unpaired) electrons. The van der Waals surface area contributed by atoms with E-state index in [0.717, 1.165) is 37.6 Å². The van der Waals surface area contributed by atoms with Crippen LogP contribution in [0.15, 0.2) is 18.3 Å². The summed E-state index contributed by atoms with van der Waals surface area (Å²) in [6.45, 7) is 6.66. The molecule has 0 bridgehead atoms. The van der Waals surface area contributed by atoms with Crippen molar-refractivity contribution in [3.05, 3.63) is 23.9 Å². The van der Waals surface area contributed by atoms with Crippen LogP contribution in [0.1, 0.15) is 31.9 Å². The fraction of sp³-hybridized carbons (Fsp3) is 0.615. The lowest BCUT2D eigenvalue weighted by Crippen LogP contribution is -2.45. The molecule has 2 heterocycles. The van der Waals surface area contributed by atoms with Gasteiger partial charge in [-0.05, 0) is 31.0 Å². The van der Waals surface area contributed by atoms with E-state index in [2.05, 4.69) is 22.9 Å². The molecule has 1 aromatic heterocycles. The number of nitrogens with two attached hydrogens (primary N) is 1. The summed E-state index contributed by atoms with van der Waals surface area (Å²) in [4.78, 5) is 6.79. The second kappa shape index (κ2) is 5.47. The fourth-order valence-corrected chi connectivity index (χ4v) is 2.17. The summed E-state index contributed by atoms with van der Waals surface area (Å²) in [5, 5.41) is 0. The molecule has 0 amide bonds. The van der Waals surface area contributed by atoms with E-state index in [-0.39, 0.29) is 6.04 Å². The first-order valence-electron chi connectivity index (χ1n) is 6.28. The molecule has 1 aliphatic rings. The van der Waals surface area contributed by atoms with E-state index >= 15 is 0 Å². The summed E-state index contributed by atoms with van der Waals surface area (Å²) in [7, 11) is 0. The quantitative estimate of drug-likeness (QED) is 0.866. The summed E-state index contributed by atoms with van der Waals surface area (Å²) in [5.74, 6) is 1.02. The van der Waals surface area contributed by atoms with Gasteiger partial charge in [-0.25, -0.2) is 4.98 Å². The molecular weight excluding hydrogens is 214 g/mol. The zero-order chi connectivity index (χ0) is 12.3. The van der Waals surface area contributed by atoms with Gasteiger partial charge in [0.05, 0.1) is 19.3 Å². The average Bonchev–Trinajstić information content (AvgIpc) is 2.39. The van der Waals surface area contributed by atoms with Crippen molar-refractivity contribution in [1.82, 2.24) is 4.98 Å². The highest BCUT2D eigenvalue weighted by molar-refractivity contribution is 5.43. The van der Waals surface area contributed by atoms with Gasteiger partial charge < -0.3 is 15.4 Å². The minimum atomic E-state index is 0.0536. The number of ether oxygens (including phenoxy) is 1. The Morgan fingerprint density at radius 3 is 3.18 bits per heavy atom. The average molecular weight is 235 g/mol. The van der Waals surface area contributed by atoms with Crippen LogP contribution in [0.4, 0.5) is 5.82 Å². The predicted octanol–water partition coefficient (Wildman–Crippen LogP) is 1.72. The molecule has 2 unspecified atom stereocenters. The van der Waals surface area contributed by atoms with Gasteiger partial charge in [-0.1, -0.05) is 6.92 Å². The number of morpholine rings is 1. The van der Waals surface area contributed by atoms with Gasteiger partial charge in [0, 0.05) is 18.8 Å². The third-order valence-electron chi connectivity index (χ3n) is 3.29. The highest BCUT2D eigenvalue weighted by atomic mass is 16.5. The topological polar surface area (TPSA) is 51.4 Å². The first-order valence-corrected chi connectivity index (χ1v) is 6.28. The van der Waals surface area contributed by atoms with Crippen molar-refractivity contribution >= 4 is 5.82 Å². The molecule has 1 fully saturated rings. The van der Waals surface area contributed by atoms with E-state index in [1.807, 2.05) is 19.2 Å². The maximum Gasteiger partial charge on any atom is 0.129 e. The SMILES string of the molecule is CCC1COCCN1c1cc(C(C)N)ccn1. The zero-order valence-corrected chi connectivity index (χ0v) is 10.6. The minimum absolute atomic E-state index is 0.0536. The number of aromatic nitrogens is 1. The molecule has 94 valence electrons. The van der Waals surface area contributed by atoms with Crippen LogP contribution in [-0.4, -0.2) is 30.8 Å². The van der Waals surface area contributed by atoms with Crippen LogP contribution in [0, 0.1) is 0 Å². The molecule has 1 aliphatic heterocycles. The lowest BCUT2D eigenvalue weighted by Gasteiger charge is -2.36. The minimum Gasteiger partial charge on any atom is -0.377 e. The summed E-state index contributed by atoms with van der Waals surface area (Å²) in [6.07, 6.45) is 2.92. The summed E-state index contributed by atoms with van der Waals surface area (Å²) in [6, 6.07) is 4.56. The molecule has 0 aromatic carbocycles. The molecule has 1 saturated heterocycles. The van der Waals surface area contributed by atoms with Crippen LogP contribution in [0.3, 0.4) is 0 Å². The van der Waals surface area contributed by atoms with Gasteiger partial charge in [0.25, 0.3) is 0 Å². The van der Waals surface area contributed by atoms with Crippen molar-refractivity contribution in [3.8, 4) is 0 Å². The number of rotatable bonds is 3. The van der Waals surface area contributed by atoms with E-state index < -0.39 is 0 Å². The number of nitrogens with zero attached hydrogens (tertiary/aromatic N) is 2. The second-order valence-corrected chi connectivity index (χ2v) is 4.57. The van der Waals surface area contributed by atoms with Gasteiger partial charge in [0.1, 0.15) is 5.82 Å². The van der Waals surface area contributed by atoms with Gasteiger partial charge in [-0.3, -0.25) is 0 Å². The maximum absolute atomic E-state index is 5.91. The van der Waals surface area contributed by atoms with Crippen LogP contribution in [0.2, 0.25) is 0 Å². The van der Waals surface area contributed by atoms with Gasteiger partial charge in [-0.15, -0.1) is 0 Å². The van der Waals surface area contributed by atoms with E-state index in [9.17, 15) is 0 Å². The molecule has 2 rings (SSSR count). The van der Waals surface area contributed by atoms with Crippen molar-refractivity contribution < 1.29 is 4.74 Å². The smallest absolute Gasteiger partial charge is 0.129 e. The van der Waals surface area contributed by atoms with Crippen molar-refractivity contribution in [2.75, 3.05) is 24.7 Å². The number of hydrogen-bond acceptors (Lipinski definition) is 4. The molecule has 0 spiro atoms. The first-order chi connectivity index (χ1) is 8.22. The Kier molecular flexibility index (Phi) is 3.97. The molecule has 1 aromatic rings. The molecule has 4 heteroatoms. The van der Waals surface area contributed by atoms with Gasteiger partial charge >= 0.3 is 0 Å². The normalized spacial score (nSPS) is 22.5. The Hall–Kier alpha value is -1.13. The van der Waals surface area contributed by atoms with E-state index in [0.29, 0.717) is 6.04 Å². The Morgan fingerprint density at radius 2 is 2.47 bits per heavy atom. The van der Waals surface area contributed by atoms with Crippen LogP contribution >= 0.6 is 0 Å². The zero-order valence-electron chi connectivity index (χ0n) is 10.6. The molecule has 0 aliphatic carbocycles. The van der Waals surface area contributed by atoms with Crippen molar-refractivity contribution in [3.63, 3.8) is 0 Å². The molecule has 0 saturated carbocycles. The fourth-order valence-electron chi connectivity index (χ4n) is 2.17. The van der Waals surface area contributed by atoms with Gasteiger partial charge in [0.2, 0.25) is 0 Å². The lowest BCUT2D eigenvalue weighted by molar-refractivity contribution is 0.0925. The van der Waals surface area contributed by atoms with E-state index in [4.69, 9.17) is 10.5 Å². The Morgan fingerprint density at radius 1 is 1.65 bits per heavy atom. The number of anilines is 1. The van der Waals surface area contributed by atoms with Crippen molar-refractivity contribution in [2.45, 2.75) is 32.4 Å². The van der Waals surface area contributed by atoms with Gasteiger partial charge in [0.15, 0.2) is 0 Å². The highest BCUT2D eigenvalue weighted by Crippen LogP contribution is 2.21. The van der Waals surface area contributed by atoms with Crippen molar-refractivity contribution in [1.29, 1.82) is 0 Å². The van der Waals surface area contributed by atoms with Crippen LogP contribution in [-0.2, 0) is 4.74 Å². The number of hydrogen-bond donors (Lipinski definition) is 1. The molecule has 2 N–H and O–H groups in total. The van der Waals surface area contributed by atoms with Crippen molar-refractivity contribution in [2.24, 2.45) is 5.73 Å². The molecule has 2 atom stereocenters. The van der Waals surface area contributed by atoms with Crippen LogP contribution < -0.4 is 10.6 Å². The number of pyridine rings is 1. The third kappa shape index (κ3) is 2.76. The molecular formula is C13H21N3O. The predicted molar refractivity (Wildman–Crippen MR) is 69.1 cm³/mol. The second-order valence-electron chi connectivity index (χ2n) is 4.57. The third-order valence-corrected chi connectivity index (χ3v) is 3.29. The maximum atomic E-state index is 5.91. The molecule has 4 nitrogen and oxygen atoms in total. The van der Waals surface area contributed by atoms with E-state index in [1.54, 1.807) is 0 Å². The van der Waals surface area contributed by atoms with Crippen LogP contribution in [0.25, 0.3) is 0 Å². The monoisotopic (exact) mass is 235 g/mol. The summed E-state index contributed by atoms with van der Waals surface area (Å²) in [5.41, 5.74) is 7.04. The first kappa shape index (κ1) is 12.3. The Balaban J connectivity index is 2.22.